The van der Waals surface area contributed by atoms with Crippen molar-refractivity contribution in [3.63, 3.8) is 0 Å². The van der Waals surface area contributed by atoms with Gasteiger partial charge in [0.15, 0.2) is 0 Å². The van der Waals surface area contributed by atoms with Crippen LogP contribution in [0.4, 0.5) is 0 Å². The zero-order valence-corrected chi connectivity index (χ0v) is 15.0. The second kappa shape index (κ2) is 7.74. The van der Waals surface area contributed by atoms with E-state index in [4.69, 9.17) is 0 Å². The predicted octanol–water partition coefficient (Wildman–Crippen LogP) is 0.916. The molecule has 1 saturated heterocycles. The molecule has 2 rings (SSSR count). The van der Waals surface area contributed by atoms with Crippen LogP contribution in [0.1, 0.15) is 18.4 Å². The van der Waals surface area contributed by atoms with Crippen LogP contribution < -0.4 is 0 Å². The quantitative estimate of drug-likeness (QED) is 0.756. The smallest absolute Gasteiger partial charge is 0.213 e. The van der Waals surface area contributed by atoms with Crippen LogP contribution in [0.3, 0.4) is 0 Å². The third-order valence-corrected chi connectivity index (χ3v) is 7.25. The lowest BCUT2D eigenvalue weighted by Gasteiger charge is -2.20. The number of benzene rings is 1. The van der Waals surface area contributed by atoms with Crippen molar-refractivity contribution in [3.8, 4) is 0 Å². The third kappa shape index (κ3) is 5.56. The van der Waals surface area contributed by atoms with E-state index in [1.807, 2.05) is 30.3 Å². The zero-order chi connectivity index (χ0) is 16.9. The van der Waals surface area contributed by atoms with Gasteiger partial charge in [-0.3, -0.25) is 0 Å². The van der Waals surface area contributed by atoms with E-state index in [1.165, 1.54) is 8.61 Å². The molecule has 0 N–H and O–H groups in total. The zero-order valence-electron chi connectivity index (χ0n) is 13.4. The second-order valence-corrected chi connectivity index (χ2v) is 9.89. The van der Waals surface area contributed by atoms with Gasteiger partial charge in [-0.1, -0.05) is 30.3 Å². The Morgan fingerprint density at radius 3 is 2.17 bits per heavy atom. The van der Waals surface area contributed by atoms with Crippen LogP contribution in [0.15, 0.2) is 30.3 Å². The highest BCUT2D eigenvalue weighted by atomic mass is 32.2. The van der Waals surface area contributed by atoms with E-state index in [1.54, 1.807) is 0 Å². The SMILES string of the molecule is CS(=O)(=O)N1CCCN(S(=O)(=O)CCCc2ccccc2)CC1. The Morgan fingerprint density at radius 2 is 1.52 bits per heavy atom. The molecule has 1 aromatic rings. The Labute approximate surface area is 139 Å². The summed E-state index contributed by atoms with van der Waals surface area (Å²) < 4.78 is 50.8. The topological polar surface area (TPSA) is 74.8 Å². The van der Waals surface area contributed by atoms with Gasteiger partial charge in [0.2, 0.25) is 20.0 Å². The van der Waals surface area contributed by atoms with E-state index in [9.17, 15) is 16.8 Å². The second-order valence-electron chi connectivity index (χ2n) is 5.82. The fourth-order valence-corrected chi connectivity index (χ4v) is 5.12. The molecule has 6 nitrogen and oxygen atoms in total. The maximum absolute atomic E-state index is 12.4. The summed E-state index contributed by atoms with van der Waals surface area (Å²) in [4.78, 5) is 0. The van der Waals surface area contributed by atoms with Crippen molar-refractivity contribution in [3.05, 3.63) is 35.9 Å². The lowest BCUT2D eigenvalue weighted by atomic mass is 10.1. The van der Waals surface area contributed by atoms with E-state index in [0.717, 1.165) is 18.2 Å². The van der Waals surface area contributed by atoms with Gasteiger partial charge < -0.3 is 0 Å². The van der Waals surface area contributed by atoms with Crippen molar-refractivity contribution in [1.82, 2.24) is 8.61 Å². The van der Waals surface area contributed by atoms with Crippen molar-refractivity contribution in [2.45, 2.75) is 19.3 Å². The summed E-state index contributed by atoms with van der Waals surface area (Å²) in [7, 11) is -6.59. The molecule has 0 unspecified atom stereocenters. The first kappa shape index (κ1) is 18.4. The van der Waals surface area contributed by atoms with Crippen LogP contribution >= 0.6 is 0 Å². The van der Waals surface area contributed by atoms with Crippen LogP contribution in [-0.2, 0) is 26.5 Å². The molecule has 1 aromatic carbocycles. The first-order chi connectivity index (χ1) is 10.8. The molecule has 23 heavy (non-hydrogen) atoms. The minimum atomic E-state index is -3.33. The molecule has 1 fully saturated rings. The molecule has 0 atom stereocenters. The highest BCUT2D eigenvalue weighted by molar-refractivity contribution is 7.89. The molecular formula is C15H24N2O4S2. The Morgan fingerprint density at radius 1 is 0.913 bits per heavy atom. The van der Waals surface area contributed by atoms with Gasteiger partial charge >= 0.3 is 0 Å². The Bertz CT molecular complexity index is 702. The van der Waals surface area contributed by atoms with Crippen molar-refractivity contribution in [2.24, 2.45) is 0 Å². The first-order valence-electron chi connectivity index (χ1n) is 7.76. The van der Waals surface area contributed by atoms with E-state index in [2.05, 4.69) is 0 Å². The lowest BCUT2D eigenvalue weighted by Crippen LogP contribution is -2.38. The summed E-state index contributed by atoms with van der Waals surface area (Å²) in [5, 5.41) is 0. The fourth-order valence-electron chi connectivity index (χ4n) is 2.71. The third-order valence-electron chi connectivity index (χ3n) is 3.99. The first-order valence-corrected chi connectivity index (χ1v) is 11.2. The van der Waals surface area contributed by atoms with Crippen molar-refractivity contribution >= 4 is 20.0 Å². The van der Waals surface area contributed by atoms with Crippen molar-refractivity contribution in [1.29, 1.82) is 0 Å². The molecule has 0 radical (unpaired) electrons. The maximum atomic E-state index is 12.4. The molecular weight excluding hydrogens is 336 g/mol. The predicted molar refractivity (Wildman–Crippen MR) is 91.2 cm³/mol. The van der Waals surface area contributed by atoms with Crippen LogP contribution in [0.2, 0.25) is 0 Å². The minimum Gasteiger partial charge on any atom is -0.213 e. The molecule has 1 aliphatic rings. The Hall–Kier alpha value is -0.960. The van der Waals surface area contributed by atoms with E-state index < -0.39 is 20.0 Å². The molecule has 0 saturated carbocycles. The largest absolute Gasteiger partial charge is 0.214 e. The highest BCUT2D eigenvalue weighted by Crippen LogP contribution is 2.13. The molecule has 1 heterocycles. The van der Waals surface area contributed by atoms with Crippen LogP contribution in [0.25, 0.3) is 0 Å². The van der Waals surface area contributed by atoms with E-state index in [-0.39, 0.29) is 18.8 Å². The number of nitrogens with zero attached hydrogens (tertiary/aromatic N) is 2. The monoisotopic (exact) mass is 360 g/mol. The van der Waals surface area contributed by atoms with Crippen LogP contribution in [0, 0.1) is 0 Å². The van der Waals surface area contributed by atoms with Gasteiger partial charge in [-0.15, -0.1) is 0 Å². The summed E-state index contributed by atoms with van der Waals surface area (Å²) in [5.41, 5.74) is 1.13. The summed E-state index contributed by atoms with van der Waals surface area (Å²) in [6.45, 7) is 1.24. The van der Waals surface area contributed by atoms with Gasteiger partial charge in [0.1, 0.15) is 0 Å². The Balaban J connectivity index is 1.89. The van der Waals surface area contributed by atoms with Gasteiger partial charge in [-0.25, -0.2) is 25.4 Å². The fraction of sp³-hybridized carbons (Fsp3) is 0.600. The lowest BCUT2D eigenvalue weighted by molar-refractivity contribution is 0.406. The molecule has 0 amide bonds. The molecule has 0 aliphatic carbocycles. The molecule has 0 spiro atoms. The summed E-state index contributed by atoms with van der Waals surface area (Å²) in [6.07, 6.45) is 2.99. The average molecular weight is 361 g/mol. The molecule has 0 bridgehead atoms. The van der Waals surface area contributed by atoms with Gasteiger partial charge in [-0.2, -0.15) is 0 Å². The summed E-state index contributed by atoms with van der Waals surface area (Å²) >= 11 is 0. The van der Waals surface area contributed by atoms with Crippen molar-refractivity contribution < 1.29 is 16.8 Å². The standard InChI is InChI=1S/C15H24N2O4S2/c1-22(18,19)16-10-6-11-17(13-12-16)23(20,21)14-5-9-15-7-3-2-4-8-15/h2-4,7-8H,5-6,9-14H2,1H3. The van der Waals surface area contributed by atoms with Crippen LogP contribution in [0.5, 0.6) is 0 Å². The number of aryl methyl sites for hydroxylation is 1. The molecule has 1 aliphatic heterocycles. The van der Waals surface area contributed by atoms with Gasteiger partial charge in [-0.05, 0) is 24.8 Å². The van der Waals surface area contributed by atoms with Gasteiger partial charge in [0.25, 0.3) is 0 Å². The number of rotatable bonds is 6. The molecule has 130 valence electrons. The minimum absolute atomic E-state index is 0.0980. The summed E-state index contributed by atoms with van der Waals surface area (Å²) in [6, 6.07) is 9.80. The number of hydrogen-bond donors (Lipinski definition) is 0. The molecule has 0 aromatic heterocycles. The Kier molecular flexibility index (Phi) is 6.19. The number of hydrogen-bond acceptors (Lipinski definition) is 4. The van der Waals surface area contributed by atoms with Gasteiger partial charge in [0, 0.05) is 26.2 Å². The van der Waals surface area contributed by atoms with Crippen LogP contribution in [-0.4, -0.2) is 63.6 Å². The van der Waals surface area contributed by atoms with Gasteiger partial charge in [0.05, 0.1) is 12.0 Å². The van der Waals surface area contributed by atoms with E-state index >= 15 is 0 Å². The highest BCUT2D eigenvalue weighted by Gasteiger charge is 2.27. The summed E-state index contributed by atoms with van der Waals surface area (Å²) in [5.74, 6) is 0.0980. The van der Waals surface area contributed by atoms with E-state index in [0.29, 0.717) is 25.9 Å². The normalized spacial score (nSPS) is 18.7. The average Bonchev–Trinajstić information content (AvgIpc) is 2.74. The maximum Gasteiger partial charge on any atom is 0.214 e. The number of sulfonamides is 2. The molecule has 8 heteroatoms. The van der Waals surface area contributed by atoms with Crippen molar-refractivity contribution in [2.75, 3.05) is 38.2 Å².